The van der Waals surface area contributed by atoms with Crippen LogP contribution in [0.3, 0.4) is 0 Å². The smallest absolute Gasteiger partial charge is 0.360 e. The van der Waals surface area contributed by atoms with E-state index in [9.17, 15) is 9.90 Å². The van der Waals surface area contributed by atoms with Crippen LogP contribution in [0.1, 0.15) is 54.2 Å². The Hall–Kier alpha value is -2.37. The van der Waals surface area contributed by atoms with Crippen LogP contribution < -0.4 is 4.90 Å². The molecular formula is C18H24N4O2. The second-order valence-corrected chi connectivity index (χ2v) is 6.56. The molecule has 1 fully saturated rings. The lowest BCUT2D eigenvalue weighted by Crippen LogP contribution is -2.40. The lowest BCUT2D eigenvalue weighted by Gasteiger charge is -2.35. The van der Waals surface area contributed by atoms with E-state index >= 15 is 0 Å². The van der Waals surface area contributed by atoms with E-state index in [0.29, 0.717) is 11.9 Å². The largest absolute Gasteiger partial charge is 0.476 e. The van der Waals surface area contributed by atoms with E-state index in [4.69, 9.17) is 0 Å². The molecule has 1 N–H and O–H groups in total. The van der Waals surface area contributed by atoms with Gasteiger partial charge in [-0.3, -0.25) is 0 Å². The summed E-state index contributed by atoms with van der Waals surface area (Å²) in [5.74, 6) is -0.533. The van der Waals surface area contributed by atoms with Gasteiger partial charge in [-0.25, -0.2) is 4.79 Å². The summed E-state index contributed by atoms with van der Waals surface area (Å²) in [6, 6.07) is 6.34. The van der Waals surface area contributed by atoms with Gasteiger partial charge in [-0.05, 0) is 62.8 Å². The normalized spacial score (nSPS) is 18.0. The van der Waals surface area contributed by atoms with Crippen LogP contribution in [0.5, 0.6) is 0 Å². The number of hydrogen-bond donors (Lipinski definition) is 1. The third-order valence-corrected chi connectivity index (χ3v) is 4.61. The molecular weight excluding hydrogens is 304 g/mol. The molecule has 128 valence electrons. The third-order valence-electron chi connectivity index (χ3n) is 4.61. The van der Waals surface area contributed by atoms with Crippen molar-refractivity contribution in [2.75, 3.05) is 11.4 Å². The van der Waals surface area contributed by atoms with Crippen molar-refractivity contribution in [1.82, 2.24) is 15.0 Å². The minimum absolute atomic E-state index is 0.0366. The average molecular weight is 328 g/mol. The summed E-state index contributed by atoms with van der Waals surface area (Å²) in [7, 11) is 0. The fourth-order valence-corrected chi connectivity index (χ4v) is 3.52. The second kappa shape index (κ2) is 6.63. The molecule has 2 heterocycles. The van der Waals surface area contributed by atoms with Gasteiger partial charge in [-0.15, -0.1) is 15.0 Å². The highest BCUT2D eigenvalue weighted by Crippen LogP contribution is 2.28. The molecule has 0 radical (unpaired) electrons. The Kier molecular flexibility index (Phi) is 4.55. The Balaban J connectivity index is 2.06. The van der Waals surface area contributed by atoms with Crippen molar-refractivity contribution < 1.29 is 9.90 Å². The molecule has 1 aliphatic rings. The lowest BCUT2D eigenvalue weighted by atomic mass is 10.00. The first-order chi connectivity index (χ1) is 11.5. The van der Waals surface area contributed by atoms with Crippen molar-refractivity contribution in [3.63, 3.8) is 0 Å². The molecule has 2 aromatic rings. The number of carboxylic acid groups (broad SMARTS) is 1. The van der Waals surface area contributed by atoms with E-state index in [0.717, 1.165) is 42.6 Å². The van der Waals surface area contributed by atoms with E-state index in [2.05, 4.69) is 28.1 Å². The van der Waals surface area contributed by atoms with Crippen molar-refractivity contribution in [3.8, 4) is 5.69 Å². The summed E-state index contributed by atoms with van der Waals surface area (Å²) in [4.78, 5) is 15.3. The molecule has 0 spiro atoms. The van der Waals surface area contributed by atoms with E-state index < -0.39 is 5.97 Å². The number of piperidine rings is 1. The van der Waals surface area contributed by atoms with Crippen LogP contribution in [0.4, 0.5) is 5.82 Å². The Labute approximate surface area is 142 Å². The van der Waals surface area contributed by atoms with Gasteiger partial charge in [-0.1, -0.05) is 13.0 Å². The number of carboxylic acids is 1. The Morgan fingerprint density at radius 3 is 2.54 bits per heavy atom. The van der Waals surface area contributed by atoms with Gasteiger partial charge in [0.15, 0.2) is 5.82 Å². The zero-order valence-electron chi connectivity index (χ0n) is 14.5. The van der Waals surface area contributed by atoms with Crippen molar-refractivity contribution in [3.05, 3.63) is 35.0 Å². The highest BCUT2D eigenvalue weighted by molar-refractivity contribution is 5.91. The summed E-state index contributed by atoms with van der Waals surface area (Å²) < 4.78 is 0. The molecule has 0 aliphatic carbocycles. The molecule has 0 amide bonds. The van der Waals surface area contributed by atoms with Gasteiger partial charge in [-0.2, -0.15) is 0 Å². The predicted octanol–water partition coefficient (Wildman–Crippen LogP) is 3.35. The highest BCUT2D eigenvalue weighted by Gasteiger charge is 2.29. The fraction of sp³-hybridized carbons (Fsp3) is 0.500. The lowest BCUT2D eigenvalue weighted by molar-refractivity contribution is 0.0690. The van der Waals surface area contributed by atoms with Crippen LogP contribution in [0.2, 0.25) is 0 Å². The molecule has 0 saturated carbocycles. The first-order valence-corrected chi connectivity index (χ1v) is 8.55. The van der Waals surface area contributed by atoms with Crippen molar-refractivity contribution in [2.45, 2.75) is 52.5 Å². The number of nitrogens with zero attached hydrogens (tertiary/aromatic N) is 4. The number of rotatable bonds is 4. The van der Waals surface area contributed by atoms with Gasteiger partial charge < -0.3 is 10.0 Å². The van der Waals surface area contributed by atoms with Gasteiger partial charge in [0, 0.05) is 12.6 Å². The quantitative estimate of drug-likeness (QED) is 0.932. The molecule has 6 heteroatoms. The molecule has 24 heavy (non-hydrogen) atoms. The number of carbonyl (C=O) groups is 1. The number of hydrogen-bond acceptors (Lipinski definition) is 4. The predicted molar refractivity (Wildman–Crippen MR) is 93.1 cm³/mol. The number of aromatic carboxylic acids is 1. The topological polar surface area (TPSA) is 71.2 Å². The number of aromatic nitrogens is 3. The zero-order chi connectivity index (χ0) is 17.3. The third kappa shape index (κ3) is 3.13. The fourth-order valence-electron chi connectivity index (χ4n) is 3.52. The monoisotopic (exact) mass is 328 g/mol. The number of aryl methyl sites for hydroxylation is 2. The molecule has 1 saturated heterocycles. The molecule has 6 nitrogen and oxygen atoms in total. The Bertz CT molecular complexity index is 733. The van der Waals surface area contributed by atoms with Crippen molar-refractivity contribution >= 4 is 11.8 Å². The van der Waals surface area contributed by atoms with Crippen LogP contribution in [-0.2, 0) is 0 Å². The first kappa shape index (κ1) is 16.5. The average Bonchev–Trinajstić information content (AvgIpc) is 2.99. The summed E-state index contributed by atoms with van der Waals surface area (Å²) in [5.41, 5.74) is 3.04. The minimum Gasteiger partial charge on any atom is -0.476 e. The zero-order valence-corrected chi connectivity index (χ0v) is 14.5. The summed E-state index contributed by atoms with van der Waals surface area (Å²) in [6.07, 6.45) is 4.30. The van der Waals surface area contributed by atoms with E-state index in [1.54, 1.807) is 0 Å². The molecule has 1 atom stereocenters. The van der Waals surface area contributed by atoms with E-state index in [1.807, 2.05) is 26.0 Å². The standard InChI is InChI=1S/C18H24N4O2/c1-4-14-7-5-6-8-21(14)17-16(18(23)24)19-22(20-17)15-10-12(2)9-13(3)11-15/h9-11,14H,4-8H2,1-3H3,(H,23,24)/t14-/m0/s1. The van der Waals surface area contributed by atoms with Gasteiger partial charge in [0.05, 0.1) is 5.69 Å². The molecule has 1 aliphatic heterocycles. The summed E-state index contributed by atoms with van der Waals surface area (Å²) in [6.45, 7) is 7.00. The molecule has 1 aromatic carbocycles. The van der Waals surface area contributed by atoms with Crippen LogP contribution in [0, 0.1) is 13.8 Å². The molecule has 1 aromatic heterocycles. The molecule has 3 rings (SSSR count). The molecule has 0 unspecified atom stereocenters. The Morgan fingerprint density at radius 1 is 1.21 bits per heavy atom. The summed E-state index contributed by atoms with van der Waals surface area (Å²) >= 11 is 0. The van der Waals surface area contributed by atoms with Crippen LogP contribution in [0.15, 0.2) is 18.2 Å². The highest BCUT2D eigenvalue weighted by atomic mass is 16.4. The minimum atomic E-state index is -1.03. The van der Waals surface area contributed by atoms with Gasteiger partial charge in [0.2, 0.25) is 5.69 Å². The van der Waals surface area contributed by atoms with Crippen LogP contribution in [-0.4, -0.2) is 38.7 Å². The first-order valence-electron chi connectivity index (χ1n) is 8.55. The maximum absolute atomic E-state index is 11.7. The van der Waals surface area contributed by atoms with E-state index in [1.165, 1.54) is 11.2 Å². The van der Waals surface area contributed by atoms with Crippen molar-refractivity contribution in [2.24, 2.45) is 0 Å². The van der Waals surface area contributed by atoms with E-state index in [-0.39, 0.29) is 5.69 Å². The van der Waals surface area contributed by atoms with Crippen LogP contribution in [0.25, 0.3) is 5.69 Å². The Morgan fingerprint density at radius 2 is 1.92 bits per heavy atom. The van der Waals surface area contributed by atoms with Gasteiger partial charge in [0.25, 0.3) is 0 Å². The molecule has 0 bridgehead atoms. The maximum atomic E-state index is 11.7. The van der Waals surface area contributed by atoms with Crippen molar-refractivity contribution in [1.29, 1.82) is 0 Å². The SMILES string of the molecule is CC[C@H]1CCCCN1c1nn(-c2cc(C)cc(C)c2)nc1C(=O)O. The van der Waals surface area contributed by atoms with Gasteiger partial charge >= 0.3 is 5.97 Å². The van der Waals surface area contributed by atoms with Crippen LogP contribution >= 0.6 is 0 Å². The summed E-state index contributed by atoms with van der Waals surface area (Å²) in [5, 5.41) is 18.4. The number of benzene rings is 1. The van der Waals surface area contributed by atoms with Gasteiger partial charge in [0.1, 0.15) is 0 Å². The second-order valence-electron chi connectivity index (χ2n) is 6.56. The number of anilines is 1. The maximum Gasteiger partial charge on any atom is 0.360 e.